The highest BCUT2D eigenvalue weighted by molar-refractivity contribution is 8.00. The van der Waals surface area contributed by atoms with E-state index in [4.69, 9.17) is 4.74 Å². The molecule has 0 saturated carbocycles. The van der Waals surface area contributed by atoms with Gasteiger partial charge in [0.15, 0.2) is 5.13 Å². The molecule has 1 fully saturated rings. The van der Waals surface area contributed by atoms with Gasteiger partial charge in [-0.15, -0.1) is 23.1 Å². The van der Waals surface area contributed by atoms with Gasteiger partial charge >= 0.3 is 0 Å². The van der Waals surface area contributed by atoms with Gasteiger partial charge in [-0.2, -0.15) is 0 Å². The molecule has 140 valence electrons. The van der Waals surface area contributed by atoms with Crippen LogP contribution in [0, 0.1) is 0 Å². The summed E-state index contributed by atoms with van der Waals surface area (Å²) >= 11 is 2.85. The van der Waals surface area contributed by atoms with Gasteiger partial charge in [-0.05, 0) is 5.56 Å². The minimum Gasteiger partial charge on any atom is -0.388 e. The fourth-order valence-corrected chi connectivity index (χ4v) is 4.12. The summed E-state index contributed by atoms with van der Waals surface area (Å²) in [6.45, 7) is 4.15. The van der Waals surface area contributed by atoms with Crippen molar-refractivity contribution in [2.45, 2.75) is 12.6 Å². The molecule has 1 amide bonds. The first-order valence-electron chi connectivity index (χ1n) is 8.56. The molecule has 2 heterocycles. The molecule has 1 aliphatic rings. The number of amides is 1. The predicted molar refractivity (Wildman–Crippen MR) is 106 cm³/mol. The lowest BCUT2D eigenvalue weighted by atomic mass is 10.1. The average Bonchev–Trinajstić information content (AvgIpc) is 3.10. The topological polar surface area (TPSA) is 74.7 Å². The number of rotatable bonds is 8. The molecule has 0 bridgehead atoms. The van der Waals surface area contributed by atoms with Crippen molar-refractivity contribution in [2.75, 3.05) is 43.1 Å². The Morgan fingerprint density at radius 3 is 2.88 bits per heavy atom. The Kier molecular flexibility index (Phi) is 7.45. The molecule has 0 spiro atoms. The summed E-state index contributed by atoms with van der Waals surface area (Å²) < 4.78 is 5.34. The van der Waals surface area contributed by atoms with Gasteiger partial charge in [-0.3, -0.25) is 9.69 Å². The monoisotopic (exact) mass is 393 g/mol. The Hall–Kier alpha value is -1.45. The number of nitrogens with one attached hydrogen (secondary N) is 1. The lowest BCUT2D eigenvalue weighted by molar-refractivity contribution is -0.113. The van der Waals surface area contributed by atoms with E-state index in [1.54, 1.807) is 0 Å². The van der Waals surface area contributed by atoms with Crippen LogP contribution in [0.2, 0.25) is 0 Å². The third-order valence-corrected chi connectivity index (χ3v) is 5.80. The number of anilines is 1. The van der Waals surface area contributed by atoms with Crippen LogP contribution < -0.4 is 5.32 Å². The molecule has 6 nitrogen and oxygen atoms in total. The second-order valence-corrected chi connectivity index (χ2v) is 7.91. The van der Waals surface area contributed by atoms with Crippen molar-refractivity contribution in [1.82, 2.24) is 9.88 Å². The Morgan fingerprint density at radius 1 is 1.35 bits per heavy atom. The lowest BCUT2D eigenvalue weighted by Gasteiger charge is -2.25. The normalized spacial score (nSPS) is 16.3. The number of benzene rings is 1. The highest BCUT2D eigenvalue weighted by atomic mass is 32.2. The summed E-state index contributed by atoms with van der Waals surface area (Å²) in [4.78, 5) is 18.8. The summed E-state index contributed by atoms with van der Waals surface area (Å²) in [6, 6.07) is 9.48. The van der Waals surface area contributed by atoms with Crippen molar-refractivity contribution in [3.05, 3.63) is 47.0 Å². The third-order valence-electron chi connectivity index (χ3n) is 3.98. The molecule has 26 heavy (non-hydrogen) atoms. The van der Waals surface area contributed by atoms with Gasteiger partial charge in [0.05, 0.1) is 30.8 Å². The summed E-state index contributed by atoms with van der Waals surface area (Å²) in [6.07, 6.45) is -0.561. The first-order chi connectivity index (χ1) is 12.7. The van der Waals surface area contributed by atoms with Crippen LogP contribution in [0.25, 0.3) is 0 Å². The number of hydrogen-bond donors (Lipinski definition) is 2. The van der Waals surface area contributed by atoms with E-state index in [-0.39, 0.29) is 5.91 Å². The Morgan fingerprint density at radius 2 is 2.12 bits per heavy atom. The Labute approximate surface area is 161 Å². The van der Waals surface area contributed by atoms with Crippen molar-refractivity contribution in [3.63, 3.8) is 0 Å². The zero-order chi connectivity index (χ0) is 18.2. The maximum absolute atomic E-state index is 12.1. The van der Waals surface area contributed by atoms with Crippen LogP contribution in [0.1, 0.15) is 17.4 Å². The van der Waals surface area contributed by atoms with Crippen molar-refractivity contribution in [1.29, 1.82) is 0 Å². The van der Waals surface area contributed by atoms with Crippen LogP contribution >= 0.6 is 23.1 Å². The number of nitrogens with zero attached hydrogens (tertiary/aromatic N) is 2. The number of aliphatic hydroxyl groups excluding tert-OH is 1. The molecule has 2 aromatic rings. The smallest absolute Gasteiger partial charge is 0.236 e. The minimum absolute atomic E-state index is 0.0949. The largest absolute Gasteiger partial charge is 0.388 e. The molecule has 8 heteroatoms. The molecule has 3 rings (SSSR count). The van der Waals surface area contributed by atoms with Crippen LogP contribution in [0.4, 0.5) is 5.13 Å². The lowest BCUT2D eigenvalue weighted by Crippen LogP contribution is -2.35. The fourth-order valence-electron chi connectivity index (χ4n) is 2.62. The zero-order valence-corrected chi connectivity index (χ0v) is 16.1. The Balaban J connectivity index is 1.38. The van der Waals surface area contributed by atoms with Gasteiger partial charge in [0.2, 0.25) is 5.91 Å². The maximum atomic E-state index is 12.1. The van der Waals surface area contributed by atoms with Crippen LogP contribution in [0.3, 0.4) is 0 Å². The molecular weight excluding hydrogens is 370 g/mol. The molecule has 1 aromatic carbocycles. The van der Waals surface area contributed by atoms with Crippen molar-refractivity contribution in [2.24, 2.45) is 0 Å². The van der Waals surface area contributed by atoms with E-state index in [0.29, 0.717) is 16.6 Å². The second kappa shape index (κ2) is 10.0. The number of ether oxygens (including phenoxy) is 1. The second-order valence-electron chi connectivity index (χ2n) is 6.02. The highest BCUT2D eigenvalue weighted by Crippen LogP contribution is 2.20. The van der Waals surface area contributed by atoms with E-state index in [0.717, 1.165) is 44.1 Å². The van der Waals surface area contributed by atoms with Crippen molar-refractivity contribution < 1.29 is 14.6 Å². The van der Waals surface area contributed by atoms with E-state index in [1.807, 2.05) is 35.7 Å². The average molecular weight is 394 g/mol. The van der Waals surface area contributed by atoms with Gasteiger partial charge < -0.3 is 15.2 Å². The summed E-state index contributed by atoms with van der Waals surface area (Å²) in [7, 11) is 0. The van der Waals surface area contributed by atoms with Crippen molar-refractivity contribution in [3.8, 4) is 0 Å². The van der Waals surface area contributed by atoms with E-state index in [1.165, 1.54) is 23.1 Å². The third kappa shape index (κ3) is 6.07. The predicted octanol–water partition coefficient (Wildman–Crippen LogP) is 2.38. The van der Waals surface area contributed by atoms with E-state index in [2.05, 4.69) is 15.2 Å². The van der Waals surface area contributed by atoms with E-state index < -0.39 is 6.10 Å². The molecule has 1 saturated heterocycles. The van der Waals surface area contributed by atoms with Crippen LogP contribution in [0.5, 0.6) is 0 Å². The number of aliphatic hydroxyl groups is 1. The Bertz CT molecular complexity index is 690. The number of thioether (sulfide) groups is 1. The van der Waals surface area contributed by atoms with Gasteiger partial charge in [-0.25, -0.2) is 4.98 Å². The first kappa shape index (κ1) is 19.3. The number of carbonyl (C=O) groups is 1. The van der Waals surface area contributed by atoms with Gasteiger partial charge in [0.25, 0.3) is 0 Å². The minimum atomic E-state index is -0.561. The van der Waals surface area contributed by atoms with Crippen LogP contribution in [0.15, 0.2) is 35.7 Å². The molecule has 2 N–H and O–H groups in total. The van der Waals surface area contributed by atoms with Gasteiger partial charge in [0, 0.05) is 30.8 Å². The molecule has 1 aromatic heterocycles. The van der Waals surface area contributed by atoms with E-state index >= 15 is 0 Å². The summed E-state index contributed by atoms with van der Waals surface area (Å²) in [5, 5.41) is 15.6. The number of morpholine rings is 1. The molecule has 1 unspecified atom stereocenters. The van der Waals surface area contributed by atoms with E-state index in [9.17, 15) is 9.90 Å². The number of carbonyl (C=O) groups excluding carboxylic acids is 1. The van der Waals surface area contributed by atoms with Crippen LogP contribution in [-0.2, 0) is 16.1 Å². The fraction of sp³-hybridized carbons (Fsp3) is 0.444. The number of aromatic nitrogens is 1. The standard InChI is InChI=1S/C18H23N3O3S2/c22-16(14-4-2-1-3-5-14)12-25-13-17(23)20-18-19-15(11-26-18)10-21-6-8-24-9-7-21/h1-5,11,16,22H,6-10,12-13H2,(H,19,20,23). The molecular formula is C18H23N3O3S2. The molecule has 1 atom stereocenters. The number of hydrogen-bond acceptors (Lipinski definition) is 7. The highest BCUT2D eigenvalue weighted by Gasteiger charge is 2.14. The molecule has 0 aliphatic carbocycles. The summed E-state index contributed by atoms with van der Waals surface area (Å²) in [5.41, 5.74) is 1.84. The first-order valence-corrected chi connectivity index (χ1v) is 10.6. The molecule has 1 aliphatic heterocycles. The quantitative estimate of drug-likeness (QED) is 0.717. The van der Waals surface area contributed by atoms with Gasteiger partial charge in [0.1, 0.15) is 0 Å². The number of thiazole rings is 1. The maximum Gasteiger partial charge on any atom is 0.236 e. The van der Waals surface area contributed by atoms with Crippen LogP contribution in [-0.4, -0.2) is 58.7 Å². The summed E-state index contributed by atoms with van der Waals surface area (Å²) in [5.74, 6) is 0.683. The zero-order valence-electron chi connectivity index (χ0n) is 14.5. The van der Waals surface area contributed by atoms with Crippen molar-refractivity contribution >= 4 is 34.1 Å². The van der Waals surface area contributed by atoms with Gasteiger partial charge in [-0.1, -0.05) is 30.3 Å². The molecule has 0 radical (unpaired) electrons. The SMILES string of the molecule is O=C(CSCC(O)c1ccccc1)Nc1nc(CN2CCOCC2)cs1.